The molecule has 1 fully saturated rings. The average Bonchev–Trinajstić information content (AvgIpc) is 2.87. The van der Waals surface area contributed by atoms with Gasteiger partial charge in [-0.3, -0.25) is 10.1 Å². The van der Waals surface area contributed by atoms with Crippen molar-refractivity contribution in [1.29, 1.82) is 0 Å². The van der Waals surface area contributed by atoms with Crippen LogP contribution in [-0.2, 0) is 4.79 Å². The van der Waals surface area contributed by atoms with Crippen LogP contribution < -0.4 is 5.32 Å². The van der Waals surface area contributed by atoms with Crippen LogP contribution in [0.4, 0.5) is 14.7 Å². The molecule has 0 unspecified atom stereocenters. The number of imidazole rings is 1. The molecule has 1 aliphatic carbocycles. The second-order valence-electron chi connectivity index (χ2n) is 5.06. The summed E-state index contributed by atoms with van der Waals surface area (Å²) in [6.07, 6.45) is 1.17. The van der Waals surface area contributed by atoms with Crippen molar-refractivity contribution in [1.82, 2.24) is 19.9 Å². The molecule has 1 aliphatic rings. The number of halogens is 3. The van der Waals surface area contributed by atoms with Crippen LogP contribution in [0.3, 0.4) is 0 Å². The predicted molar refractivity (Wildman–Crippen MR) is 72.2 cm³/mol. The second-order valence-corrected chi connectivity index (χ2v) is 5.42. The number of amides is 1. The zero-order valence-corrected chi connectivity index (χ0v) is 11.6. The summed E-state index contributed by atoms with van der Waals surface area (Å²) in [4.78, 5) is 26.8. The van der Waals surface area contributed by atoms with Crippen molar-refractivity contribution in [2.75, 3.05) is 5.32 Å². The lowest BCUT2D eigenvalue weighted by Gasteiger charge is -2.27. The molecule has 0 spiro atoms. The third-order valence-electron chi connectivity index (χ3n) is 3.56. The van der Waals surface area contributed by atoms with E-state index in [1.807, 2.05) is 0 Å². The van der Waals surface area contributed by atoms with Crippen molar-refractivity contribution in [3.05, 3.63) is 11.5 Å². The molecule has 3 rings (SSSR count). The smallest absolute Gasteiger partial charge is 0.248 e. The maximum Gasteiger partial charge on any atom is 0.248 e. The molecule has 0 aliphatic heterocycles. The number of rotatable bonds is 2. The third kappa shape index (κ3) is 2.94. The van der Waals surface area contributed by atoms with E-state index in [-0.39, 0.29) is 42.7 Å². The number of anilines is 1. The maximum atomic E-state index is 13.1. The van der Waals surface area contributed by atoms with Gasteiger partial charge in [0.25, 0.3) is 0 Å². The number of hydrogen-bond donors (Lipinski definition) is 2. The molecule has 1 saturated carbocycles. The molecule has 112 valence electrons. The first kappa shape index (κ1) is 14.1. The number of aromatic amines is 1. The van der Waals surface area contributed by atoms with E-state index in [1.165, 1.54) is 6.33 Å². The van der Waals surface area contributed by atoms with Crippen LogP contribution in [-0.4, -0.2) is 31.8 Å². The quantitative estimate of drug-likeness (QED) is 0.835. The van der Waals surface area contributed by atoms with E-state index in [9.17, 15) is 13.6 Å². The standard InChI is InChI=1S/C12H12ClF2N5O/c13-8-7-9(17-5-16-7)19-11(18-8)20-10(21)6-1-3-12(14,15)4-2-6/h5-6H,1-4H2,(H2,16,17,18,19,20,21). The van der Waals surface area contributed by atoms with Crippen LogP contribution >= 0.6 is 11.6 Å². The van der Waals surface area contributed by atoms with Crippen LogP contribution in [0.1, 0.15) is 25.7 Å². The van der Waals surface area contributed by atoms with Crippen LogP contribution in [0.5, 0.6) is 0 Å². The number of hydrogen-bond acceptors (Lipinski definition) is 4. The Hall–Kier alpha value is -1.83. The van der Waals surface area contributed by atoms with Crippen LogP contribution in [0.25, 0.3) is 11.2 Å². The molecule has 21 heavy (non-hydrogen) atoms. The van der Waals surface area contributed by atoms with E-state index in [1.54, 1.807) is 0 Å². The fourth-order valence-electron chi connectivity index (χ4n) is 2.37. The molecule has 0 atom stereocenters. The highest BCUT2D eigenvalue weighted by Gasteiger charge is 2.37. The van der Waals surface area contributed by atoms with E-state index in [0.29, 0.717) is 11.2 Å². The molecule has 1 amide bonds. The highest BCUT2D eigenvalue weighted by molar-refractivity contribution is 6.33. The third-order valence-corrected chi connectivity index (χ3v) is 3.84. The number of nitrogens with one attached hydrogen (secondary N) is 2. The Labute approximate surface area is 123 Å². The number of H-pyrrole nitrogens is 1. The molecule has 6 nitrogen and oxygen atoms in total. The number of carbonyl (C=O) groups is 1. The summed E-state index contributed by atoms with van der Waals surface area (Å²) in [5.74, 6) is -3.45. The van der Waals surface area contributed by atoms with E-state index < -0.39 is 11.8 Å². The van der Waals surface area contributed by atoms with E-state index >= 15 is 0 Å². The van der Waals surface area contributed by atoms with Gasteiger partial charge in [-0.05, 0) is 12.8 Å². The molecule has 0 saturated heterocycles. The van der Waals surface area contributed by atoms with Gasteiger partial charge in [-0.25, -0.2) is 13.8 Å². The van der Waals surface area contributed by atoms with Crippen LogP contribution in [0, 0.1) is 5.92 Å². The van der Waals surface area contributed by atoms with Crippen molar-refractivity contribution >= 4 is 34.6 Å². The topological polar surface area (TPSA) is 83.6 Å². The lowest BCUT2D eigenvalue weighted by molar-refractivity contribution is -0.124. The second kappa shape index (κ2) is 5.18. The average molecular weight is 316 g/mol. The Balaban J connectivity index is 1.71. The molecule has 9 heteroatoms. The Bertz CT molecular complexity index is 679. The minimum absolute atomic E-state index is 0.0296. The predicted octanol–water partition coefficient (Wildman–Crippen LogP) is 2.77. The van der Waals surface area contributed by atoms with E-state index in [0.717, 1.165) is 0 Å². The van der Waals surface area contributed by atoms with Gasteiger partial charge in [0.2, 0.25) is 17.8 Å². The summed E-state index contributed by atoms with van der Waals surface area (Å²) in [7, 11) is 0. The number of alkyl halides is 2. The van der Waals surface area contributed by atoms with Gasteiger partial charge in [-0.1, -0.05) is 11.6 Å². The van der Waals surface area contributed by atoms with Crippen molar-refractivity contribution in [3.63, 3.8) is 0 Å². The fourth-order valence-corrected chi connectivity index (χ4v) is 2.59. The highest BCUT2D eigenvalue weighted by atomic mass is 35.5. The lowest BCUT2D eigenvalue weighted by atomic mass is 9.86. The van der Waals surface area contributed by atoms with Gasteiger partial charge in [0.15, 0.2) is 10.8 Å². The summed E-state index contributed by atoms with van der Waals surface area (Å²) in [5.41, 5.74) is 0.812. The summed E-state index contributed by atoms with van der Waals surface area (Å²) >= 11 is 5.94. The van der Waals surface area contributed by atoms with Gasteiger partial charge in [0.05, 0.1) is 6.33 Å². The van der Waals surface area contributed by atoms with Gasteiger partial charge in [0, 0.05) is 18.8 Å². The molecule has 2 aromatic rings. The van der Waals surface area contributed by atoms with E-state index in [4.69, 9.17) is 11.6 Å². The first-order chi connectivity index (χ1) is 9.94. The summed E-state index contributed by atoms with van der Waals surface area (Å²) in [5, 5.41) is 2.66. The number of aromatic nitrogens is 4. The monoisotopic (exact) mass is 315 g/mol. The molecule has 0 bridgehead atoms. The zero-order valence-electron chi connectivity index (χ0n) is 10.9. The Morgan fingerprint density at radius 1 is 1.38 bits per heavy atom. The minimum Gasteiger partial charge on any atom is -0.341 e. The van der Waals surface area contributed by atoms with Gasteiger partial charge in [-0.15, -0.1) is 0 Å². The molecular formula is C12H12ClF2N5O. The fraction of sp³-hybridized carbons (Fsp3) is 0.500. The van der Waals surface area contributed by atoms with Crippen LogP contribution in [0.2, 0.25) is 5.15 Å². The van der Waals surface area contributed by atoms with Gasteiger partial charge in [0.1, 0.15) is 5.52 Å². The zero-order chi connectivity index (χ0) is 15.0. The Morgan fingerprint density at radius 3 is 2.81 bits per heavy atom. The highest BCUT2D eigenvalue weighted by Crippen LogP contribution is 2.36. The molecule has 0 aromatic carbocycles. The summed E-state index contributed by atoms with van der Waals surface area (Å²) in [6.45, 7) is 0. The van der Waals surface area contributed by atoms with Gasteiger partial charge < -0.3 is 4.98 Å². The van der Waals surface area contributed by atoms with Crippen LogP contribution in [0.15, 0.2) is 6.33 Å². The summed E-state index contributed by atoms with van der Waals surface area (Å²) in [6, 6.07) is 0. The number of carbonyl (C=O) groups excluding carboxylic acids is 1. The summed E-state index contributed by atoms with van der Waals surface area (Å²) < 4.78 is 26.1. The Morgan fingerprint density at radius 2 is 2.10 bits per heavy atom. The van der Waals surface area contributed by atoms with Gasteiger partial charge in [-0.2, -0.15) is 9.97 Å². The van der Waals surface area contributed by atoms with Gasteiger partial charge >= 0.3 is 0 Å². The molecule has 2 N–H and O–H groups in total. The largest absolute Gasteiger partial charge is 0.341 e. The lowest BCUT2D eigenvalue weighted by Crippen LogP contribution is -2.32. The van der Waals surface area contributed by atoms with E-state index in [2.05, 4.69) is 25.3 Å². The maximum absolute atomic E-state index is 13.1. The number of fused-ring (bicyclic) bond motifs is 1. The Kier molecular flexibility index (Phi) is 3.48. The minimum atomic E-state index is -2.66. The molecule has 0 radical (unpaired) electrons. The van der Waals surface area contributed by atoms with Crippen molar-refractivity contribution < 1.29 is 13.6 Å². The first-order valence-corrected chi connectivity index (χ1v) is 6.88. The molecular weight excluding hydrogens is 304 g/mol. The SMILES string of the molecule is O=C(Nc1nc(Cl)c2[nH]cnc2n1)C1CCC(F)(F)CC1. The number of nitrogens with zero attached hydrogens (tertiary/aromatic N) is 3. The molecule has 2 heterocycles. The molecule has 2 aromatic heterocycles. The van der Waals surface area contributed by atoms with Crippen molar-refractivity contribution in [2.24, 2.45) is 5.92 Å². The first-order valence-electron chi connectivity index (χ1n) is 6.50. The normalized spacial score (nSPS) is 18.8. The van der Waals surface area contributed by atoms with Crippen molar-refractivity contribution in [2.45, 2.75) is 31.6 Å². The van der Waals surface area contributed by atoms with Crippen molar-refractivity contribution in [3.8, 4) is 0 Å².